The largest absolute Gasteiger partial charge is 0.497 e. The topological polar surface area (TPSA) is 54.0 Å². The van der Waals surface area contributed by atoms with Crippen molar-refractivity contribution in [1.29, 1.82) is 0 Å². The maximum Gasteiger partial charge on any atom is 0.181 e. The normalized spacial score (nSPS) is 14.1. The lowest BCUT2D eigenvalue weighted by atomic mass is 10.0. The van der Waals surface area contributed by atoms with Crippen LogP contribution in [0.5, 0.6) is 5.75 Å². The minimum atomic E-state index is 0.569. The number of anilines is 1. The maximum absolute atomic E-state index is 6.38. The van der Waals surface area contributed by atoms with E-state index in [0.717, 1.165) is 48.4 Å². The van der Waals surface area contributed by atoms with E-state index in [0.29, 0.717) is 10.8 Å². The van der Waals surface area contributed by atoms with Crippen molar-refractivity contribution in [3.05, 3.63) is 46.9 Å². The number of pyridine rings is 1. The minimum Gasteiger partial charge on any atom is -0.497 e. The standard InChI is InChI=1S/C17H17ClN4O/c1-23-12-6-4-11(5-7-12)9-22-8-2-3-13-15(22)14-17(20-10-19-14)21-16(13)18/h4-7,10H,2-3,8-9H2,1H3,(H,19,20,21). The van der Waals surface area contributed by atoms with Crippen molar-refractivity contribution in [2.24, 2.45) is 0 Å². The molecule has 0 saturated heterocycles. The second-order valence-corrected chi connectivity index (χ2v) is 6.06. The third-order valence-corrected chi connectivity index (χ3v) is 4.61. The first-order valence-corrected chi connectivity index (χ1v) is 8.03. The molecule has 6 heteroatoms. The molecular weight excluding hydrogens is 312 g/mol. The van der Waals surface area contributed by atoms with E-state index in [9.17, 15) is 0 Å². The van der Waals surface area contributed by atoms with Gasteiger partial charge in [0.15, 0.2) is 5.65 Å². The summed E-state index contributed by atoms with van der Waals surface area (Å²) in [5.74, 6) is 0.871. The van der Waals surface area contributed by atoms with Crippen LogP contribution in [0.15, 0.2) is 30.6 Å². The Labute approximate surface area is 139 Å². The zero-order valence-corrected chi connectivity index (χ0v) is 13.6. The molecule has 1 N–H and O–H groups in total. The Morgan fingerprint density at radius 1 is 1.30 bits per heavy atom. The lowest BCUT2D eigenvalue weighted by Gasteiger charge is -2.32. The number of benzene rings is 1. The number of methoxy groups -OCH3 is 1. The molecule has 4 rings (SSSR count). The highest BCUT2D eigenvalue weighted by atomic mass is 35.5. The molecule has 3 heterocycles. The van der Waals surface area contributed by atoms with Crippen molar-refractivity contribution in [3.8, 4) is 5.75 Å². The molecule has 0 atom stereocenters. The van der Waals surface area contributed by atoms with Gasteiger partial charge in [-0.2, -0.15) is 0 Å². The Hall–Kier alpha value is -2.27. The summed E-state index contributed by atoms with van der Waals surface area (Å²) in [5.41, 5.74) is 5.13. The average Bonchev–Trinajstić information content (AvgIpc) is 3.04. The molecule has 0 radical (unpaired) electrons. The second-order valence-electron chi connectivity index (χ2n) is 5.70. The molecule has 3 aromatic rings. The monoisotopic (exact) mass is 328 g/mol. The van der Waals surface area contributed by atoms with Crippen molar-refractivity contribution in [1.82, 2.24) is 15.0 Å². The summed E-state index contributed by atoms with van der Waals surface area (Å²) < 4.78 is 5.23. The third-order valence-electron chi connectivity index (χ3n) is 4.30. The number of nitrogens with one attached hydrogen (secondary N) is 1. The maximum atomic E-state index is 6.38. The number of halogens is 1. The summed E-state index contributed by atoms with van der Waals surface area (Å²) >= 11 is 6.38. The molecule has 2 aromatic heterocycles. The highest BCUT2D eigenvalue weighted by molar-refractivity contribution is 6.31. The summed E-state index contributed by atoms with van der Waals surface area (Å²) in [6.45, 7) is 1.82. The highest BCUT2D eigenvalue weighted by Gasteiger charge is 2.24. The van der Waals surface area contributed by atoms with Gasteiger partial charge in [-0.15, -0.1) is 0 Å². The molecule has 1 aliphatic rings. The molecule has 0 unspecified atom stereocenters. The van der Waals surface area contributed by atoms with Gasteiger partial charge >= 0.3 is 0 Å². The van der Waals surface area contributed by atoms with Gasteiger partial charge in [0.05, 0.1) is 19.1 Å². The fourth-order valence-corrected chi connectivity index (χ4v) is 3.46. The van der Waals surface area contributed by atoms with Crippen LogP contribution in [0.25, 0.3) is 11.2 Å². The summed E-state index contributed by atoms with van der Waals surface area (Å²) in [5, 5.41) is 0.569. The Morgan fingerprint density at radius 3 is 2.91 bits per heavy atom. The molecule has 0 spiro atoms. The van der Waals surface area contributed by atoms with E-state index in [1.807, 2.05) is 12.1 Å². The Bertz CT molecular complexity index is 844. The zero-order chi connectivity index (χ0) is 15.8. The average molecular weight is 329 g/mol. The molecule has 118 valence electrons. The zero-order valence-electron chi connectivity index (χ0n) is 12.8. The van der Waals surface area contributed by atoms with E-state index in [1.54, 1.807) is 13.4 Å². The van der Waals surface area contributed by atoms with Gasteiger partial charge < -0.3 is 14.6 Å². The van der Waals surface area contributed by atoms with Crippen LogP contribution in [0.3, 0.4) is 0 Å². The number of aromatic nitrogens is 3. The summed E-state index contributed by atoms with van der Waals surface area (Å²) in [7, 11) is 1.68. The first-order chi connectivity index (χ1) is 11.3. The van der Waals surface area contributed by atoms with Crippen molar-refractivity contribution >= 4 is 28.5 Å². The first kappa shape index (κ1) is 14.3. The van der Waals surface area contributed by atoms with Crippen LogP contribution < -0.4 is 9.64 Å². The molecule has 23 heavy (non-hydrogen) atoms. The van der Waals surface area contributed by atoms with Crippen LogP contribution >= 0.6 is 11.6 Å². The van der Waals surface area contributed by atoms with E-state index in [1.165, 1.54) is 5.56 Å². The Kier molecular flexibility index (Phi) is 3.58. The number of hydrogen-bond acceptors (Lipinski definition) is 4. The number of H-pyrrole nitrogens is 1. The molecule has 0 amide bonds. The van der Waals surface area contributed by atoms with Crippen LogP contribution in [0.4, 0.5) is 5.69 Å². The number of nitrogens with zero attached hydrogens (tertiary/aromatic N) is 3. The number of ether oxygens (including phenoxy) is 1. The number of imidazole rings is 1. The smallest absolute Gasteiger partial charge is 0.181 e. The summed E-state index contributed by atoms with van der Waals surface area (Å²) in [6, 6.07) is 8.18. The van der Waals surface area contributed by atoms with E-state index < -0.39 is 0 Å². The van der Waals surface area contributed by atoms with Crippen LogP contribution in [-0.4, -0.2) is 28.6 Å². The summed E-state index contributed by atoms with van der Waals surface area (Å²) in [4.78, 5) is 14.2. The lowest BCUT2D eigenvalue weighted by Crippen LogP contribution is -2.29. The number of aromatic amines is 1. The number of rotatable bonds is 3. The molecule has 5 nitrogen and oxygen atoms in total. The van der Waals surface area contributed by atoms with Gasteiger partial charge in [-0.25, -0.2) is 9.97 Å². The van der Waals surface area contributed by atoms with Gasteiger partial charge in [0.25, 0.3) is 0 Å². The predicted octanol–water partition coefficient (Wildman–Crippen LogP) is 3.57. The molecule has 0 bridgehead atoms. The van der Waals surface area contributed by atoms with Gasteiger partial charge in [-0.05, 0) is 30.5 Å². The van der Waals surface area contributed by atoms with Crippen molar-refractivity contribution in [3.63, 3.8) is 0 Å². The molecule has 0 fully saturated rings. The van der Waals surface area contributed by atoms with Crippen molar-refractivity contribution < 1.29 is 4.74 Å². The third kappa shape index (κ3) is 2.51. The molecule has 0 saturated carbocycles. The minimum absolute atomic E-state index is 0.569. The van der Waals surface area contributed by atoms with Crippen LogP contribution in [-0.2, 0) is 13.0 Å². The number of fused-ring (bicyclic) bond motifs is 3. The fourth-order valence-electron chi connectivity index (χ4n) is 3.19. The second kappa shape index (κ2) is 5.74. The molecule has 1 aliphatic heterocycles. The van der Waals surface area contributed by atoms with Crippen LogP contribution in [0.1, 0.15) is 17.5 Å². The number of hydrogen-bond donors (Lipinski definition) is 1. The Balaban J connectivity index is 1.74. The van der Waals surface area contributed by atoms with Gasteiger partial charge in [0.1, 0.15) is 16.4 Å². The van der Waals surface area contributed by atoms with Gasteiger partial charge in [0, 0.05) is 18.7 Å². The predicted molar refractivity (Wildman–Crippen MR) is 91.3 cm³/mol. The Morgan fingerprint density at radius 2 is 2.13 bits per heavy atom. The van der Waals surface area contributed by atoms with E-state index in [2.05, 4.69) is 32.0 Å². The fraction of sp³-hybridized carbons (Fsp3) is 0.294. The van der Waals surface area contributed by atoms with Gasteiger partial charge in [0.2, 0.25) is 0 Å². The lowest BCUT2D eigenvalue weighted by molar-refractivity contribution is 0.414. The summed E-state index contributed by atoms with van der Waals surface area (Å²) in [6.07, 6.45) is 3.70. The molecule has 1 aromatic carbocycles. The van der Waals surface area contributed by atoms with Crippen molar-refractivity contribution in [2.75, 3.05) is 18.6 Å². The van der Waals surface area contributed by atoms with Crippen LogP contribution in [0, 0.1) is 0 Å². The van der Waals surface area contributed by atoms with E-state index in [4.69, 9.17) is 16.3 Å². The van der Waals surface area contributed by atoms with Crippen molar-refractivity contribution in [2.45, 2.75) is 19.4 Å². The van der Waals surface area contributed by atoms with E-state index in [-0.39, 0.29) is 0 Å². The van der Waals surface area contributed by atoms with E-state index >= 15 is 0 Å². The van der Waals surface area contributed by atoms with Gasteiger partial charge in [-0.3, -0.25) is 0 Å². The SMILES string of the molecule is COc1ccc(CN2CCCc3c(Cl)nc4nc[nH]c4c32)cc1. The molecular formula is C17H17ClN4O. The quantitative estimate of drug-likeness (QED) is 0.747. The van der Waals surface area contributed by atoms with Crippen LogP contribution in [0.2, 0.25) is 5.15 Å². The molecule has 0 aliphatic carbocycles. The first-order valence-electron chi connectivity index (χ1n) is 7.65. The highest BCUT2D eigenvalue weighted by Crippen LogP contribution is 2.37. The van der Waals surface area contributed by atoms with Gasteiger partial charge in [-0.1, -0.05) is 23.7 Å².